The van der Waals surface area contributed by atoms with Gasteiger partial charge in [0, 0.05) is 17.2 Å². The van der Waals surface area contributed by atoms with Crippen LogP contribution in [-0.4, -0.2) is 15.0 Å². The van der Waals surface area contributed by atoms with Gasteiger partial charge in [-0.15, -0.1) is 0 Å². The quantitative estimate of drug-likeness (QED) is 0.670. The van der Waals surface area contributed by atoms with Gasteiger partial charge in [0.05, 0.1) is 5.69 Å². The molecule has 13 heavy (non-hydrogen) atoms. The maximum Gasteiger partial charge on any atom is 0.321 e. The molecule has 0 fully saturated rings. The minimum Gasteiger partial charge on any atom is -0.257 e. The van der Waals surface area contributed by atoms with Crippen molar-refractivity contribution in [3.05, 3.63) is 29.8 Å². The van der Waals surface area contributed by atoms with E-state index in [9.17, 15) is 8.42 Å². The molecule has 70 valence electrons. The van der Waals surface area contributed by atoms with Gasteiger partial charge < -0.3 is 0 Å². The van der Waals surface area contributed by atoms with Crippen LogP contribution in [0.2, 0.25) is 0 Å². The fourth-order valence-corrected chi connectivity index (χ4v) is 2.69. The Balaban J connectivity index is 2.51. The molecule has 0 N–H and O–H groups in total. The third-order valence-electron chi connectivity index (χ3n) is 2.11. The highest BCUT2D eigenvalue weighted by Gasteiger charge is 2.26. The Kier molecular flexibility index (Phi) is 1.96. The highest BCUT2D eigenvalue weighted by atomic mass is 35.7. The summed E-state index contributed by atoms with van der Waals surface area (Å²) in [5.41, 5.74) is 1.74. The topological polar surface area (TPSA) is 37.4 Å². The number of rotatable bonds is 1. The van der Waals surface area contributed by atoms with Crippen molar-refractivity contribution in [2.45, 2.75) is 6.42 Å². The third kappa shape index (κ3) is 1.51. The van der Waals surface area contributed by atoms with Gasteiger partial charge in [-0.3, -0.25) is 4.31 Å². The average Bonchev–Trinajstić information content (AvgIpc) is 2.45. The van der Waals surface area contributed by atoms with Crippen LogP contribution in [0, 0.1) is 0 Å². The number of anilines is 1. The summed E-state index contributed by atoms with van der Waals surface area (Å²) in [6.07, 6.45) is 0.738. The molecule has 0 aliphatic carbocycles. The van der Waals surface area contributed by atoms with Gasteiger partial charge in [0.25, 0.3) is 0 Å². The number of para-hydroxylation sites is 1. The molecule has 0 atom stereocenters. The molecular weight excluding hydrogens is 210 g/mol. The molecule has 0 unspecified atom stereocenters. The fourth-order valence-electron chi connectivity index (χ4n) is 1.53. The van der Waals surface area contributed by atoms with Crippen molar-refractivity contribution in [1.29, 1.82) is 0 Å². The Morgan fingerprint density at radius 2 is 2.00 bits per heavy atom. The predicted octanol–water partition coefficient (Wildman–Crippen LogP) is 1.53. The molecule has 0 saturated carbocycles. The molecule has 0 aromatic heterocycles. The van der Waals surface area contributed by atoms with E-state index in [1.165, 1.54) is 4.31 Å². The highest BCUT2D eigenvalue weighted by Crippen LogP contribution is 2.30. The van der Waals surface area contributed by atoms with Crippen LogP contribution in [0.25, 0.3) is 0 Å². The minimum absolute atomic E-state index is 0.450. The van der Waals surface area contributed by atoms with E-state index < -0.39 is 9.24 Å². The fraction of sp³-hybridized carbons (Fsp3) is 0.250. The van der Waals surface area contributed by atoms with Crippen molar-refractivity contribution in [3.8, 4) is 0 Å². The summed E-state index contributed by atoms with van der Waals surface area (Å²) < 4.78 is 23.4. The molecule has 3 nitrogen and oxygen atoms in total. The average molecular weight is 218 g/mol. The molecule has 1 aliphatic heterocycles. The number of benzene rings is 1. The summed E-state index contributed by atoms with van der Waals surface area (Å²) in [4.78, 5) is 0. The van der Waals surface area contributed by atoms with Crippen molar-refractivity contribution < 1.29 is 8.42 Å². The standard InChI is InChI=1S/C8H8ClNO2S/c9-13(11,12)10-6-5-7-3-1-2-4-8(7)10/h1-4H,5-6H2. The molecule has 0 bridgehead atoms. The molecule has 0 saturated heterocycles. The molecule has 0 amide bonds. The van der Waals surface area contributed by atoms with Crippen LogP contribution in [0.5, 0.6) is 0 Å². The molecule has 2 rings (SSSR count). The molecule has 0 radical (unpaired) electrons. The number of fused-ring (bicyclic) bond motifs is 1. The smallest absolute Gasteiger partial charge is 0.257 e. The van der Waals surface area contributed by atoms with Gasteiger partial charge in [0.2, 0.25) is 0 Å². The number of nitrogens with zero attached hydrogens (tertiary/aromatic N) is 1. The first-order valence-corrected chi connectivity index (χ1v) is 6.16. The van der Waals surface area contributed by atoms with E-state index in [0.717, 1.165) is 12.0 Å². The zero-order chi connectivity index (χ0) is 9.47. The normalized spacial score (nSPS) is 15.9. The van der Waals surface area contributed by atoms with Crippen LogP contribution in [0.15, 0.2) is 24.3 Å². The van der Waals surface area contributed by atoms with Gasteiger partial charge in [0.15, 0.2) is 0 Å². The summed E-state index contributed by atoms with van der Waals surface area (Å²) in [6.45, 7) is 0.450. The molecule has 1 heterocycles. The molecular formula is C8H8ClNO2S. The van der Waals surface area contributed by atoms with Gasteiger partial charge >= 0.3 is 9.24 Å². The highest BCUT2D eigenvalue weighted by molar-refractivity contribution is 8.14. The Morgan fingerprint density at radius 3 is 2.69 bits per heavy atom. The minimum atomic E-state index is -3.61. The van der Waals surface area contributed by atoms with E-state index in [1.807, 2.05) is 12.1 Å². The lowest BCUT2D eigenvalue weighted by atomic mass is 10.2. The zero-order valence-corrected chi connectivity index (χ0v) is 8.35. The van der Waals surface area contributed by atoms with Crippen molar-refractivity contribution in [3.63, 3.8) is 0 Å². The second-order valence-corrected chi connectivity index (χ2v) is 5.33. The number of hydrogen-bond donors (Lipinski definition) is 0. The third-order valence-corrected chi connectivity index (χ3v) is 3.51. The molecule has 0 spiro atoms. The Bertz CT molecular complexity index is 430. The second kappa shape index (κ2) is 2.89. The lowest BCUT2D eigenvalue weighted by Crippen LogP contribution is -2.24. The Morgan fingerprint density at radius 1 is 1.31 bits per heavy atom. The first-order chi connectivity index (χ1) is 6.09. The maximum absolute atomic E-state index is 11.1. The van der Waals surface area contributed by atoms with E-state index in [1.54, 1.807) is 12.1 Å². The predicted molar refractivity (Wildman–Crippen MR) is 52.3 cm³/mol. The maximum atomic E-state index is 11.1. The van der Waals surface area contributed by atoms with Crippen LogP contribution in [0.4, 0.5) is 5.69 Å². The van der Waals surface area contributed by atoms with Crippen LogP contribution >= 0.6 is 10.7 Å². The number of hydrogen-bond acceptors (Lipinski definition) is 2. The van der Waals surface area contributed by atoms with Crippen LogP contribution in [0.1, 0.15) is 5.56 Å². The van der Waals surface area contributed by atoms with Crippen molar-refractivity contribution in [2.75, 3.05) is 10.8 Å². The summed E-state index contributed by atoms with van der Waals surface area (Å²) in [6, 6.07) is 7.38. The molecule has 1 aromatic carbocycles. The summed E-state index contributed by atoms with van der Waals surface area (Å²) in [5.74, 6) is 0. The Hall–Kier alpha value is -0.740. The van der Waals surface area contributed by atoms with E-state index in [-0.39, 0.29) is 0 Å². The van der Waals surface area contributed by atoms with Crippen LogP contribution in [0.3, 0.4) is 0 Å². The van der Waals surface area contributed by atoms with Gasteiger partial charge in [0.1, 0.15) is 0 Å². The lowest BCUT2D eigenvalue weighted by molar-refractivity contribution is 0.606. The van der Waals surface area contributed by atoms with Crippen molar-refractivity contribution >= 4 is 25.6 Å². The van der Waals surface area contributed by atoms with Crippen molar-refractivity contribution in [1.82, 2.24) is 0 Å². The SMILES string of the molecule is O=S(=O)(Cl)N1CCc2ccccc21. The summed E-state index contributed by atoms with van der Waals surface area (Å²) in [7, 11) is 1.65. The van der Waals surface area contributed by atoms with E-state index in [2.05, 4.69) is 0 Å². The van der Waals surface area contributed by atoms with Gasteiger partial charge in [-0.2, -0.15) is 8.42 Å². The summed E-state index contributed by atoms with van der Waals surface area (Å²) >= 11 is 0. The zero-order valence-electron chi connectivity index (χ0n) is 6.77. The van der Waals surface area contributed by atoms with Gasteiger partial charge in [-0.05, 0) is 18.1 Å². The van der Waals surface area contributed by atoms with Crippen LogP contribution in [-0.2, 0) is 15.7 Å². The Labute approximate surface area is 81.5 Å². The molecule has 1 aliphatic rings. The van der Waals surface area contributed by atoms with E-state index in [4.69, 9.17) is 10.7 Å². The first-order valence-electron chi connectivity index (χ1n) is 3.89. The molecule has 1 aromatic rings. The van der Waals surface area contributed by atoms with Crippen LogP contribution < -0.4 is 4.31 Å². The largest absolute Gasteiger partial charge is 0.321 e. The lowest BCUT2D eigenvalue weighted by Gasteiger charge is -2.13. The number of halogens is 1. The van der Waals surface area contributed by atoms with Gasteiger partial charge in [-0.25, -0.2) is 0 Å². The second-order valence-electron chi connectivity index (χ2n) is 2.89. The monoisotopic (exact) mass is 217 g/mol. The van der Waals surface area contributed by atoms with E-state index in [0.29, 0.717) is 12.2 Å². The van der Waals surface area contributed by atoms with Gasteiger partial charge in [-0.1, -0.05) is 18.2 Å². The summed E-state index contributed by atoms with van der Waals surface area (Å²) in [5, 5.41) is 0. The first kappa shape index (κ1) is 8.84. The molecule has 5 heteroatoms. The van der Waals surface area contributed by atoms with Crippen molar-refractivity contribution in [2.24, 2.45) is 0 Å². The van der Waals surface area contributed by atoms with E-state index >= 15 is 0 Å².